The number of hydrazine groups is 1. The second-order valence-corrected chi connectivity index (χ2v) is 5.05. The Morgan fingerprint density at radius 3 is 2.11 bits per heavy atom. The Balaban J connectivity index is 2.49. The van der Waals surface area contributed by atoms with Gasteiger partial charge in [0.15, 0.2) is 0 Å². The van der Waals surface area contributed by atoms with Gasteiger partial charge >= 0.3 is 0 Å². The van der Waals surface area contributed by atoms with Crippen LogP contribution in [0.1, 0.15) is 33.9 Å². The van der Waals surface area contributed by atoms with Crippen LogP contribution in [-0.4, -0.2) is 0 Å². The molecule has 1 unspecified atom stereocenters. The van der Waals surface area contributed by atoms with Crippen LogP contribution >= 0.6 is 0 Å². The fraction of sp³-hybridized carbons (Fsp3) is 0.250. The molecule has 3 N–H and O–H groups in total. The number of hydrogen-bond acceptors (Lipinski definition) is 2. The molecule has 0 aliphatic rings. The lowest BCUT2D eigenvalue weighted by Gasteiger charge is -2.19. The second-order valence-electron chi connectivity index (χ2n) is 5.05. The average molecular weight is 258 g/mol. The zero-order valence-electron chi connectivity index (χ0n) is 11.5. The number of rotatable bonds is 3. The molecule has 0 aliphatic carbocycles. The molecule has 0 aromatic heterocycles. The zero-order chi connectivity index (χ0) is 14.0. The molecule has 0 spiro atoms. The van der Waals surface area contributed by atoms with Crippen LogP contribution in [0.3, 0.4) is 0 Å². The number of aryl methyl sites for hydroxylation is 3. The van der Waals surface area contributed by atoms with Crippen LogP contribution in [0, 0.1) is 26.6 Å². The highest BCUT2D eigenvalue weighted by Crippen LogP contribution is 2.26. The average Bonchev–Trinajstić information content (AvgIpc) is 2.31. The Morgan fingerprint density at radius 2 is 1.58 bits per heavy atom. The van der Waals surface area contributed by atoms with Gasteiger partial charge in [-0.1, -0.05) is 41.5 Å². The highest BCUT2D eigenvalue weighted by atomic mass is 19.1. The van der Waals surface area contributed by atoms with E-state index in [-0.39, 0.29) is 11.9 Å². The molecule has 0 aliphatic heterocycles. The molecule has 0 radical (unpaired) electrons. The second kappa shape index (κ2) is 5.51. The molecule has 1 atom stereocenters. The molecular formula is C16H19FN2. The van der Waals surface area contributed by atoms with Crippen molar-refractivity contribution < 1.29 is 4.39 Å². The molecule has 0 saturated carbocycles. The van der Waals surface area contributed by atoms with Crippen LogP contribution in [0.25, 0.3) is 0 Å². The first-order valence-corrected chi connectivity index (χ1v) is 6.31. The Kier molecular flexibility index (Phi) is 3.98. The minimum Gasteiger partial charge on any atom is -0.271 e. The van der Waals surface area contributed by atoms with Gasteiger partial charge in [-0.25, -0.2) is 9.82 Å². The van der Waals surface area contributed by atoms with E-state index >= 15 is 0 Å². The van der Waals surface area contributed by atoms with E-state index < -0.39 is 0 Å². The molecule has 2 nitrogen and oxygen atoms in total. The van der Waals surface area contributed by atoms with Gasteiger partial charge in [-0.3, -0.25) is 5.84 Å². The van der Waals surface area contributed by atoms with Crippen molar-refractivity contribution in [1.29, 1.82) is 0 Å². The van der Waals surface area contributed by atoms with E-state index in [2.05, 4.69) is 11.5 Å². The van der Waals surface area contributed by atoms with Crippen LogP contribution < -0.4 is 11.3 Å². The van der Waals surface area contributed by atoms with Crippen molar-refractivity contribution in [3.8, 4) is 0 Å². The molecule has 0 heterocycles. The molecule has 100 valence electrons. The quantitative estimate of drug-likeness (QED) is 0.655. The fourth-order valence-corrected chi connectivity index (χ4v) is 2.41. The van der Waals surface area contributed by atoms with E-state index in [9.17, 15) is 4.39 Å². The summed E-state index contributed by atoms with van der Waals surface area (Å²) in [7, 11) is 0. The minimum atomic E-state index is -0.334. The molecule has 3 heteroatoms. The molecule has 19 heavy (non-hydrogen) atoms. The third kappa shape index (κ3) is 3.00. The van der Waals surface area contributed by atoms with Gasteiger partial charge in [-0.2, -0.15) is 0 Å². The molecule has 0 amide bonds. The standard InChI is InChI=1S/C16H19FN2/c1-10-4-5-14(15(17)9-10)16(19-18)13-7-11(2)6-12(3)8-13/h4-9,16,19H,18H2,1-3H3. The first-order valence-electron chi connectivity index (χ1n) is 6.31. The van der Waals surface area contributed by atoms with Crippen molar-refractivity contribution in [3.63, 3.8) is 0 Å². The van der Waals surface area contributed by atoms with Crippen molar-refractivity contribution in [2.45, 2.75) is 26.8 Å². The van der Waals surface area contributed by atoms with E-state index in [4.69, 9.17) is 5.84 Å². The summed E-state index contributed by atoms with van der Waals surface area (Å²) < 4.78 is 14.1. The maximum absolute atomic E-state index is 14.1. The predicted molar refractivity (Wildman–Crippen MR) is 76.2 cm³/mol. The lowest BCUT2D eigenvalue weighted by atomic mass is 9.95. The highest BCUT2D eigenvalue weighted by Gasteiger charge is 2.17. The van der Waals surface area contributed by atoms with Crippen LogP contribution in [0.15, 0.2) is 36.4 Å². The number of hydrogen-bond donors (Lipinski definition) is 2. The van der Waals surface area contributed by atoms with Gasteiger partial charge in [0.05, 0.1) is 6.04 Å². The molecule has 2 aromatic rings. The summed E-state index contributed by atoms with van der Waals surface area (Å²) in [5.74, 6) is 5.39. The summed E-state index contributed by atoms with van der Waals surface area (Å²) in [6.45, 7) is 5.92. The highest BCUT2D eigenvalue weighted by molar-refractivity contribution is 5.38. The van der Waals surface area contributed by atoms with Gasteiger partial charge in [0.25, 0.3) is 0 Å². The number of halogens is 1. The Bertz CT molecular complexity index is 573. The van der Waals surface area contributed by atoms with Gasteiger partial charge in [0.1, 0.15) is 5.82 Å². The van der Waals surface area contributed by atoms with E-state index in [0.717, 1.165) is 22.3 Å². The Morgan fingerprint density at radius 1 is 0.947 bits per heavy atom. The third-order valence-electron chi connectivity index (χ3n) is 3.21. The summed E-state index contributed by atoms with van der Waals surface area (Å²) in [4.78, 5) is 0. The van der Waals surface area contributed by atoms with E-state index in [1.54, 1.807) is 6.07 Å². The molecular weight excluding hydrogens is 239 g/mol. The summed E-state index contributed by atoms with van der Waals surface area (Å²) >= 11 is 0. The smallest absolute Gasteiger partial charge is 0.128 e. The molecule has 0 saturated heterocycles. The lowest BCUT2D eigenvalue weighted by Crippen LogP contribution is -2.29. The minimum absolute atomic E-state index is 0.234. The summed E-state index contributed by atoms with van der Waals surface area (Å²) in [5.41, 5.74) is 7.44. The largest absolute Gasteiger partial charge is 0.271 e. The van der Waals surface area contributed by atoms with Crippen molar-refractivity contribution in [2.75, 3.05) is 0 Å². The van der Waals surface area contributed by atoms with E-state index in [1.807, 2.05) is 39.0 Å². The van der Waals surface area contributed by atoms with Crippen molar-refractivity contribution in [2.24, 2.45) is 5.84 Å². The van der Waals surface area contributed by atoms with E-state index in [0.29, 0.717) is 5.56 Å². The first-order chi connectivity index (χ1) is 9.01. The Labute approximate surface area is 113 Å². The van der Waals surface area contributed by atoms with Crippen LogP contribution in [0.5, 0.6) is 0 Å². The SMILES string of the molecule is Cc1cc(C)cc(C(NN)c2ccc(C)cc2F)c1. The number of nitrogens with two attached hydrogens (primary N) is 1. The van der Waals surface area contributed by atoms with Crippen LogP contribution in [0.2, 0.25) is 0 Å². The van der Waals surface area contributed by atoms with E-state index in [1.165, 1.54) is 6.07 Å². The molecule has 2 rings (SSSR count). The summed E-state index contributed by atoms with van der Waals surface area (Å²) in [6, 6.07) is 11.0. The van der Waals surface area contributed by atoms with Crippen molar-refractivity contribution >= 4 is 0 Å². The van der Waals surface area contributed by atoms with Gasteiger partial charge in [0.2, 0.25) is 0 Å². The van der Waals surface area contributed by atoms with Crippen LogP contribution in [-0.2, 0) is 0 Å². The maximum Gasteiger partial charge on any atom is 0.128 e. The number of nitrogens with one attached hydrogen (secondary N) is 1. The molecule has 0 fully saturated rings. The normalized spacial score (nSPS) is 12.5. The number of benzene rings is 2. The molecule has 2 aromatic carbocycles. The zero-order valence-corrected chi connectivity index (χ0v) is 11.5. The lowest BCUT2D eigenvalue weighted by molar-refractivity contribution is 0.559. The maximum atomic E-state index is 14.1. The van der Waals surface area contributed by atoms with Crippen LogP contribution in [0.4, 0.5) is 4.39 Å². The predicted octanol–water partition coefficient (Wildman–Crippen LogP) is 3.30. The Hall–Kier alpha value is -1.71. The van der Waals surface area contributed by atoms with Gasteiger partial charge in [-0.15, -0.1) is 0 Å². The topological polar surface area (TPSA) is 38.0 Å². The van der Waals surface area contributed by atoms with Gasteiger partial charge < -0.3 is 0 Å². The van der Waals surface area contributed by atoms with Gasteiger partial charge in [-0.05, 0) is 38.0 Å². The molecule has 0 bridgehead atoms. The third-order valence-corrected chi connectivity index (χ3v) is 3.21. The monoisotopic (exact) mass is 258 g/mol. The first kappa shape index (κ1) is 13.7. The van der Waals surface area contributed by atoms with Crippen molar-refractivity contribution in [1.82, 2.24) is 5.43 Å². The van der Waals surface area contributed by atoms with Gasteiger partial charge in [0, 0.05) is 5.56 Å². The summed E-state index contributed by atoms with van der Waals surface area (Å²) in [5, 5.41) is 0. The fourth-order valence-electron chi connectivity index (χ4n) is 2.41. The van der Waals surface area contributed by atoms with Crippen molar-refractivity contribution in [3.05, 3.63) is 70.0 Å². The summed E-state index contributed by atoms with van der Waals surface area (Å²) in [6.07, 6.45) is 0.